The Hall–Kier alpha value is -2.48. The number of ether oxygens (including phenoxy) is 2. The van der Waals surface area contributed by atoms with Crippen LogP contribution in [0.5, 0.6) is 0 Å². The van der Waals surface area contributed by atoms with E-state index in [0.717, 1.165) is 34.8 Å². The molecule has 0 aliphatic carbocycles. The van der Waals surface area contributed by atoms with Gasteiger partial charge in [-0.15, -0.1) is 0 Å². The van der Waals surface area contributed by atoms with Crippen molar-refractivity contribution in [3.63, 3.8) is 0 Å². The minimum Gasteiger partial charge on any atom is -0.466 e. The van der Waals surface area contributed by atoms with Crippen molar-refractivity contribution in [2.75, 3.05) is 19.8 Å². The highest BCUT2D eigenvalue weighted by atomic mass is 127. The molecular weight excluding hydrogens is 759 g/mol. The molecule has 1 fully saturated rings. The summed E-state index contributed by atoms with van der Waals surface area (Å²) in [6, 6.07) is 12.6. The van der Waals surface area contributed by atoms with Gasteiger partial charge in [0.05, 0.1) is 19.3 Å². The average Bonchev–Trinajstić information content (AvgIpc) is 3.40. The van der Waals surface area contributed by atoms with Gasteiger partial charge in [-0.2, -0.15) is 8.78 Å². The van der Waals surface area contributed by atoms with Gasteiger partial charge in [0, 0.05) is 34.1 Å². The largest absolute Gasteiger partial charge is 0.466 e. The number of rotatable bonds is 19. The van der Waals surface area contributed by atoms with E-state index >= 15 is 8.78 Å². The van der Waals surface area contributed by atoms with E-state index in [-0.39, 0.29) is 28.5 Å². The van der Waals surface area contributed by atoms with Gasteiger partial charge in [0.2, 0.25) is 5.91 Å². The monoisotopic (exact) mass is 811 g/mol. The van der Waals surface area contributed by atoms with E-state index in [1.165, 1.54) is 18.2 Å². The molecule has 11 heteroatoms. The number of ketones is 1. The number of nitrogens with zero attached hydrogens (tertiary/aromatic N) is 1. The van der Waals surface area contributed by atoms with Crippen molar-refractivity contribution in [3.8, 4) is 0 Å². The van der Waals surface area contributed by atoms with E-state index in [2.05, 4.69) is 56.5 Å². The molecule has 2 unspecified atom stereocenters. The molecule has 0 spiro atoms. The molecule has 270 valence electrons. The fourth-order valence-electron chi connectivity index (χ4n) is 5.25. The maximum absolute atomic E-state index is 16.0. The van der Waals surface area contributed by atoms with Gasteiger partial charge in [0.1, 0.15) is 12.7 Å². The molecule has 3 rings (SSSR count). The molecule has 7 nitrogen and oxygen atoms in total. The second-order valence-electron chi connectivity index (χ2n) is 14.1. The zero-order valence-corrected chi connectivity index (χ0v) is 32.9. The van der Waals surface area contributed by atoms with Crippen LogP contribution in [0.3, 0.4) is 0 Å². The van der Waals surface area contributed by atoms with Crippen LogP contribution in [0, 0.1) is 3.57 Å². The standard InChI is InChI=1S/C38H52F2INO6Si/c1-7-46-36(45)12-10-8-9-11-25-42-32(22-24-35(42)44)21-23-34(38(39,40)30-17-19-31(41)20-18-30)47-27-33(43)29-15-13-28(14-16-29)26-48-49(5,6)37(2,3)4/h13-21,23,32,34H,7-12,22,24-27H2,1-6H3. The molecule has 1 amide bonds. The molecule has 1 aliphatic rings. The van der Waals surface area contributed by atoms with Crippen LogP contribution in [0.25, 0.3) is 0 Å². The van der Waals surface area contributed by atoms with Crippen molar-refractivity contribution in [1.29, 1.82) is 0 Å². The summed E-state index contributed by atoms with van der Waals surface area (Å²) in [4.78, 5) is 39.1. The Kier molecular flexibility index (Phi) is 15.6. The third-order valence-corrected chi connectivity index (χ3v) is 14.6. The van der Waals surface area contributed by atoms with Crippen LogP contribution in [0.4, 0.5) is 8.78 Å². The fraction of sp³-hybridized carbons (Fsp3) is 0.553. The van der Waals surface area contributed by atoms with E-state index in [1.54, 1.807) is 42.2 Å². The van der Waals surface area contributed by atoms with Crippen molar-refractivity contribution in [3.05, 3.63) is 80.9 Å². The van der Waals surface area contributed by atoms with Crippen LogP contribution in [0.2, 0.25) is 18.1 Å². The molecule has 2 atom stereocenters. The maximum Gasteiger partial charge on any atom is 0.305 e. The zero-order valence-electron chi connectivity index (χ0n) is 29.7. The highest BCUT2D eigenvalue weighted by Crippen LogP contribution is 2.37. The summed E-state index contributed by atoms with van der Waals surface area (Å²) in [5, 5.41) is 0.0738. The average molecular weight is 812 g/mol. The summed E-state index contributed by atoms with van der Waals surface area (Å²) >= 11 is 2.06. The minimum atomic E-state index is -3.43. The lowest BCUT2D eigenvalue weighted by Crippen LogP contribution is -2.40. The minimum absolute atomic E-state index is 0.0172. The Morgan fingerprint density at radius 1 is 1.02 bits per heavy atom. The second kappa shape index (κ2) is 18.7. The molecule has 1 aliphatic heterocycles. The summed E-state index contributed by atoms with van der Waals surface area (Å²) in [6.45, 7) is 13.4. The highest BCUT2D eigenvalue weighted by Gasteiger charge is 2.42. The predicted molar refractivity (Wildman–Crippen MR) is 199 cm³/mol. The maximum atomic E-state index is 16.0. The molecule has 0 N–H and O–H groups in total. The van der Waals surface area contributed by atoms with Crippen molar-refractivity contribution >= 4 is 48.6 Å². The number of hydrogen-bond acceptors (Lipinski definition) is 6. The van der Waals surface area contributed by atoms with E-state index in [4.69, 9.17) is 13.9 Å². The molecule has 2 aromatic rings. The highest BCUT2D eigenvalue weighted by molar-refractivity contribution is 14.1. The third kappa shape index (κ3) is 12.4. The molecule has 49 heavy (non-hydrogen) atoms. The molecular formula is C38H52F2INO6Si. The third-order valence-electron chi connectivity index (χ3n) is 9.38. The number of unbranched alkanes of at least 4 members (excludes halogenated alkanes) is 3. The molecule has 2 aromatic carbocycles. The van der Waals surface area contributed by atoms with Gasteiger partial charge in [-0.1, -0.05) is 82.2 Å². The normalized spacial score (nSPS) is 16.4. The predicted octanol–water partition coefficient (Wildman–Crippen LogP) is 9.23. The number of benzene rings is 2. The molecule has 0 aromatic heterocycles. The molecule has 0 radical (unpaired) electrons. The Balaban J connectivity index is 1.67. The SMILES string of the molecule is CCOC(=O)CCCCCCN1C(=O)CCC1C=CC(OCC(=O)c1ccc(CO[Si](C)(C)C(C)(C)C)cc1)C(F)(F)c1ccc(I)cc1. The second-order valence-corrected chi connectivity index (χ2v) is 20.1. The first-order chi connectivity index (χ1) is 23.0. The molecule has 0 saturated carbocycles. The van der Waals surface area contributed by atoms with Gasteiger partial charge in [-0.25, -0.2) is 0 Å². The van der Waals surface area contributed by atoms with E-state index in [0.29, 0.717) is 44.6 Å². The van der Waals surface area contributed by atoms with Crippen LogP contribution >= 0.6 is 22.6 Å². The number of esters is 1. The van der Waals surface area contributed by atoms with Crippen LogP contribution in [0.15, 0.2) is 60.7 Å². The summed E-state index contributed by atoms with van der Waals surface area (Å²) in [7, 11) is -1.94. The fourth-order valence-corrected chi connectivity index (χ4v) is 6.57. The Bertz CT molecular complexity index is 1410. The number of alkyl halides is 2. The molecule has 1 saturated heterocycles. The number of halogens is 3. The molecule has 0 bridgehead atoms. The number of carbonyl (C=O) groups excluding carboxylic acids is 3. The van der Waals surface area contributed by atoms with Crippen molar-refractivity contribution < 1.29 is 37.1 Å². The van der Waals surface area contributed by atoms with Gasteiger partial charge < -0.3 is 18.8 Å². The summed E-state index contributed by atoms with van der Waals surface area (Å²) in [5.41, 5.74) is 1.08. The van der Waals surface area contributed by atoms with Gasteiger partial charge in [0.15, 0.2) is 14.1 Å². The Labute approximate surface area is 305 Å². The summed E-state index contributed by atoms with van der Waals surface area (Å²) in [6.07, 6.45) is 5.57. The Morgan fingerprint density at radius 2 is 1.67 bits per heavy atom. The number of amides is 1. The van der Waals surface area contributed by atoms with Crippen molar-refractivity contribution in [1.82, 2.24) is 4.90 Å². The van der Waals surface area contributed by atoms with E-state index < -0.39 is 32.7 Å². The summed E-state index contributed by atoms with van der Waals surface area (Å²) < 4.78 is 49.7. The number of Topliss-reactive ketones (excluding diaryl/α,β-unsaturated/α-hetero) is 1. The number of likely N-dealkylation sites (tertiary alicyclic amines) is 1. The van der Waals surface area contributed by atoms with Gasteiger partial charge in [-0.05, 0) is 84.6 Å². The smallest absolute Gasteiger partial charge is 0.305 e. The Morgan fingerprint density at radius 3 is 2.31 bits per heavy atom. The first-order valence-electron chi connectivity index (χ1n) is 17.2. The van der Waals surface area contributed by atoms with Crippen LogP contribution in [-0.4, -0.2) is 62.8 Å². The number of hydrogen-bond donors (Lipinski definition) is 0. The first kappa shape index (κ1) is 40.9. The first-order valence-corrected chi connectivity index (χ1v) is 21.2. The van der Waals surface area contributed by atoms with Crippen molar-refractivity contribution in [2.24, 2.45) is 0 Å². The lowest BCUT2D eigenvalue weighted by atomic mass is 10.0. The van der Waals surface area contributed by atoms with E-state index in [9.17, 15) is 14.4 Å². The van der Waals surface area contributed by atoms with Crippen molar-refractivity contribution in [2.45, 2.75) is 115 Å². The van der Waals surface area contributed by atoms with Crippen LogP contribution < -0.4 is 0 Å². The van der Waals surface area contributed by atoms with E-state index in [1.807, 2.05) is 12.1 Å². The lowest BCUT2D eigenvalue weighted by molar-refractivity contribution is -0.143. The quantitative estimate of drug-likeness (QED) is 0.0352. The summed E-state index contributed by atoms with van der Waals surface area (Å²) in [5.74, 6) is -4.06. The topological polar surface area (TPSA) is 82.1 Å². The van der Waals surface area contributed by atoms with Gasteiger partial charge >= 0.3 is 11.9 Å². The van der Waals surface area contributed by atoms with Gasteiger partial charge in [0.25, 0.3) is 0 Å². The molecule has 1 heterocycles. The lowest BCUT2D eigenvalue weighted by Gasteiger charge is -2.36. The van der Waals surface area contributed by atoms with Crippen LogP contribution in [0.1, 0.15) is 94.1 Å². The van der Waals surface area contributed by atoms with Crippen LogP contribution in [-0.2, 0) is 36.0 Å². The zero-order chi connectivity index (χ0) is 36.2. The van der Waals surface area contributed by atoms with Gasteiger partial charge in [-0.3, -0.25) is 14.4 Å². The number of carbonyl (C=O) groups is 3.